The van der Waals surface area contributed by atoms with Gasteiger partial charge in [-0.05, 0) is 56.0 Å². The number of imidazole rings is 1. The van der Waals surface area contributed by atoms with Crippen LogP contribution in [0.5, 0.6) is 5.88 Å². The van der Waals surface area contributed by atoms with Crippen molar-refractivity contribution in [3.05, 3.63) is 53.9 Å². The summed E-state index contributed by atoms with van der Waals surface area (Å²) < 4.78 is 14.6. The lowest BCUT2D eigenvalue weighted by atomic mass is 10.2. The van der Waals surface area contributed by atoms with Gasteiger partial charge in [0.25, 0.3) is 0 Å². The van der Waals surface area contributed by atoms with Gasteiger partial charge in [-0.25, -0.2) is 14.8 Å². The van der Waals surface area contributed by atoms with Crippen LogP contribution < -0.4 is 4.74 Å². The van der Waals surface area contributed by atoms with Crippen molar-refractivity contribution in [2.75, 3.05) is 14.2 Å². The highest BCUT2D eigenvalue weighted by Gasteiger charge is 2.26. The van der Waals surface area contributed by atoms with Crippen LogP contribution in [0.3, 0.4) is 0 Å². The second-order valence-electron chi connectivity index (χ2n) is 7.95. The third-order valence-electron chi connectivity index (χ3n) is 5.90. The van der Waals surface area contributed by atoms with E-state index in [1.54, 1.807) is 25.3 Å². The number of rotatable bonds is 6. The molecule has 1 saturated carbocycles. The minimum Gasteiger partial charge on any atom is -0.482 e. The van der Waals surface area contributed by atoms with Gasteiger partial charge in [0.1, 0.15) is 17.0 Å². The molecule has 1 aliphatic rings. The molecule has 0 N–H and O–H groups in total. The van der Waals surface area contributed by atoms with Gasteiger partial charge in [0.2, 0.25) is 0 Å². The van der Waals surface area contributed by atoms with Crippen molar-refractivity contribution in [3.8, 4) is 17.3 Å². The third-order valence-corrected chi connectivity index (χ3v) is 5.90. The number of methoxy groups -OCH3 is 2. The quantitative estimate of drug-likeness (QED) is 0.364. The van der Waals surface area contributed by atoms with Crippen LogP contribution in [0.1, 0.15) is 48.4 Å². The molecule has 0 amide bonds. The fourth-order valence-corrected chi connectivity index (χ4v) is 4.10. The number of carbonyl (C=O) groups is 1. The highest BCUT2D eigenvalue weighted by molar-refractivity contribution is 5.91. The Morgan fingerprint density at radius 3 is 2.58 bits per heavy atom. The molecule has 4 heterocycles. The molecule has 0 saturated heterocycles. The first-order chi connectivity index (χ1) is 16.0. The third kappa shape index (κ3) is 3.99. The zero-order valence-electron chi connectivity index (χ0n) is 19.9. The normalized spacial score (nSPS) is 13.0. The van der Waals surface area contributed by atoms with Gasteiger partial charge >= 0.3 is 5.97 Å². The summed E-state index contributed by atoms with van der Waals surface area (Å²) in [6.07, 6.45) is 4.24. The fraction of sp³-hybridized carbons (Fsp3) is 0.346. The molecule has 172 valence electrons. The topological polar surface area (TPSA) is 70.7 Å². The maximum absolute atomic E-state index is 12.1. The molecule has 1 aliphatic carbocycles. The molecule has 1 fully saturated rings. The van der Waals surface area contributed by atoms with Crippen LogP contribution in [0, 0.1) is 12.8 Å². The summed E-state index contributed by atoms with van der Waals surface area (Å²) in [6.45, 7) is 10.8. The van der Waals surface area contributed by atoms with Gasteiger partial charge in [0, 0.05) is 18.0 Å². The van der Waals surface area contributed by atoms with Crippen LogP contribution in [-0.2, 0) is 11.3 Å². The molecule has 0 radical (unpaired) electrons. The van der Waals surface area contributed by atoms with E-state index in [-0.39, 0.29) is 0 Å². The average Bonchev–Trinajstić information content (AvgIpc) is 3.53. The first-order valence-corrected chi connectivity index (χ1v) is 11.3. The second kappa shape index (κ2) is 9.10. The number of nitrogens with zero attached hydrogens (tertiary/aromatic N) is 4. The van der Waals surface area contributed by atoms with Crippen molar-refractivity contribution in [1.82, 2.24) is 18.9 Å². The molecule has 7 nitrogen and oxygen atoms in total. The predicted octanol–water partition coefficient (Wildman–Crippen LogP) is 5.53. The summed E-state index contributed by atoms with van der Waals surface area (Å²) in [6, 6.07) is 9.60. The summed E-state index contributed by atoms with van der Waals surface area (Å²) in [7, 11) is 2.95. The molecular weight excluding hydrogens is 416 g/mol. The highest BCUT2D eigenvalue weighted by atomic mass is 16.5. The first-order valence-electron chi connectivity index (χ1n) is 11.3. The molecule has 0 atom stereocenters. The zero-order chi connectivity index (χ0) is 23.7. The molecule has 0 aromatic carbocycles. The highest BCUT2D eigenvalue weighted by Crippen LogP contribution is 2.37. The maximum atomic E-state index is 12.1. The average molecular weight is 447 g/mol. The van der Waals surface area contributed by atoms with E-state index in [1.807, 2.05) is 31.2 Å². The lowest BCUT2D eigenvalue weighted by Crippen LogP contribution is -2.05. The largest absolute Gasteiger partial charge is 0.482 e. The maximum Gasteiger partial charge on any atom is 0.338 e. The number of fused-ring (bicyclic) bond motifs is 2. The second-order valence-corrected chi connectivity index (χ2v) is 7.95. The predicted molar refractivity (Wildman–Crippen MR) is 131 cm³/mol. The van der Waals surface area contributed by atoms with Crippen molar-refractivity contribution in [1.29, 1.82) is 0 Å². The fourth-order valence-electron chi connectivity index (χ4n) is 4.10. The zero-order valence-corrected chi connectivity index (χ0v) is 19.9. The molecule has 0 unspecified atom stereocenters. The summed E-state index contributed by atoms with van der Waals surface area (Å²) >= 11 is 0. The van der Waals surface area contributed by atoms with Crippen molar-refractivity contribution in [3.63, 3.8) is 0 Å². The van der Waals surface area contributed by atoms with E-state index in [2.05, 4.69) is 23.3 Å². The van der Waals surface area contributed by atoms with Gasteiger partial charge in [-0.2, -0.15) is 0 Å². The summed E-state index contributed by atoms with van der Waals surface area (Å²) in [5, 5.41) is 1.07. The van der Waals surface area contributed by atoms with E-state index in [0.29, 0.717) is 23.0 Å². The monoisotopic (exact) mass is 446 g/mol. The van der Waals surface area contributed by atoms with E-state index in [0.717, 1.165) is 40.4 Å². The van der Waals surface area contributed by atoms with Crippen LogP contribution in [0.15, 0.2) is 36.9 Å². The molecule has 0 bridgehead atoms. The number of ether oxygens (including phenoxy) is 2. The van der Waals surface area contributed by atoms with Crippen LogP contribution in [-0.4, -0.2) is 39.1 Å². The van der Waals surface area contributed by atoms with Crippen LogP contribution in [0.4, 0.5) is 0 Å². The first kappa shape index (κ1) is 22.6. The lowest BCUT2D eigenvalue weighted by Gasteiger charge is -2.10. The summed E-state index contributed by atoms with van der Waals surface area (Å²) in [5.74, 6) is 0.777. The van der Waals surface area contributed by atoms with Gasteiger partial charge in [0.15, 0.2) is 5.88 Å². The molecule has 0 aliphatic heterocycles. The van der Waals surface area contributed by atoms with Gasteiger partial charge in [-0.1, -0.05) is 20.4 Å². The van der Waals surface area contributed by atoms with Crippen LogP contribution in [0.2, 0.25) is 0 Å². The molecule has 4 aromatic heterocycles. The molecular formula is C26H30N4O3. The number of hydrogen-bond donors (Lipinski definition) is 0. The number of esters is 1. The van der Waals surface area contributed by atoms with Crippen LogP contribution in [0.25, 0.3) is 34.1 Å². The van der Waals surface area contributed by atoms with Gasteiger partial charge in [0.05, 0.1) is 36.9 Å². The summed E-state index contributed by atoms with van der Waals surface area (Å²) in [5.41, 5.74) is 5.63. The Morgan fingerprint density at radius 2 is 1.94 bits per heavy atom. The van der Waals surface area contributed by atoms with Crippen molar-refractivity contribution < 1.29 is 14.3 Å². The minimum atomic E-state index is -0.424. The number of aromatic nitrogens is 4. The number of aryl methyl sites for hydroxylation is 1. The van der Waals surface area contributed by atoms with Crippen molar-refractivity contribution in [2.24, 2.45) is 5.92 Å². The van der Waals surface area contributed by atoms with Gasteiger partial charge < -0.3 is 14.0 Å². The number of carbonyl (C=O) groups excluding carboxylic acids is 1. The van der Waals surface area contributed by atoms with E-state index in [1.165, 1.54) is 20.0 Å². The van der Waals surface area contributed by atoms with Crippen molar-refractivity contribution in [2.45, 2.75) is 40.2 Å². The Hall–Kier alpha value is -3.61. The number of hydrogen-bond acceptors (Lipinski definition) is 5. The lowest BCUT2D eigenvalue weighted by molar-refractivity contribution is 0.0600. The Labute approximate surface area is 193 Å². The molecule has 4 aromatic rings. The molecule has 7 heteroatoms. The molecule has 0 spiro atoms. The Balaban J connectivity index is 0.00000126. The van der Waals surface area contributed by atoms with Gasteiger partial charge in [-0.15, -0.1) is 0 Å². The SMILES string of the molecule is C=Cc1ccc2cc(-c3nc4cc(C(=O)OC)cc(OC)n4c3C)n(CC3CC3)c2n1.CC. The van der Waals surface area contributed by atoms with E-state index in [4.69, 9.17) is 19.4 Å². The van der Waals surface area contributed by atoms with Crippen LogP contribution >= 0.6 is 0 Å². The Morgan fingerprint density at radius 1 is 1.18 bits per heavy atom. The molecule has 33 heavy (non-hydrogen) atoms. The van der Waals surface area contributed by atoms with E-state index in [9.17, 15) is 4.79 Å². The molecule has 5 rings (SSSR count). The van der Waals surface area contributed by atoms with E-state index < -0.39 is 5.97 Å². The standard InChI is InChI=1S/C24H24N4O3.C2H6/c1-5-18-9-8-16-10-19(27(23(16)25-18)13-15-6-7-15)22-14(2)28-20(26-22)11-17(24(29)31-4)12-21(28)30-3;1-2/h5,8-12,15H,1,6-7,13H2,2-4H3;1-2H3. The number of pyridine rings is 2. The Bertz CT molecular complexity index is 1350. The minimum absolute atomic E-state index is 0.402. The van der Waals surface area contributed by atoms with Gasteiger partial charge in [-0.3, -0.25) is 4.40 Å². The Kier molecular flexibility index (Phi) is 6.22. The van der Waals surface area contributed by atoms with E-state index >= 15 is 0 Å². The van der Waals surface area contributed by atoms with Crippen molar-refractivity contribution >= 4 is 28.7 Å². The smallest absolute Gasteiger partial charge is 0.338 e. The summed E-state index contributed by atoms with van der Waals surface area (Å²) in [4.78, 5) is 21.8.